The summed E-state index contributed by atoms with van der Waals surface area (Å²) in [7, 11) is 5.44. The Morgan fingerprint density at radius 1 is 1.33 bits per heavy atom. The van der Waals surface area contributed by atoms with Crippen molar-refractivity contribution >= 4 is 11.4 Å². The van der Waals surface area contributed by atoms with Crippen LogP contribution in [0.15, 0.2) is 30.0 Å². The summed E-state index contributed by atoms with van der Waals surface area (Å²) in [6.45, 7) is 0. The predicted octanol–water partition coefficient (Wildman–Crippen LogP) is 2.10. The second-order valence-corrected chi connectivity index (χ2v) is 3.70. The molecule has 5 heteroatoms. The minimum Gasteiger partial charge on any atom is -0.494 e. The van der Waals surface area contributed by atoms with Gasteiger partial charge in [0.15, 0.2) is 0 Å². The van der Waals surface area contributed by atoms with Gasteiger partial charge in [0.1, 0.15) is 23.5 Å². The molecule has 0 aromatic heterocycles. The van der Waals surface area contributed by atoms with Crippen molar-refractivity contribution in [1.29, 1.82) is 10.5 Å². The molecular formula is C13H14N4O. The molecule has 0 fully saturated rings. The fourth-order valence-electron chi connectivity index (χ4n) is 1.32. The number of benzene rings is 1. The van der Waals surface area contributed by atoms with Gasteiger partial charge in [0, 0.05) is 32.0 Å². The van der Waals surface area contributed by atoms with E-state index in [0.29, 0.717) is 11.4 Å². The summed E-state index contributed by atoms with van der Waals surface area (Å²) in [5.41, 5.74) is 1.71. The first-order valence-corrected chi connectivity index (χ1v) is 5.24. The number of nitrogens with zero attached hydrogens (tertiary/aromatic N) is 3. The third-order valence-corrected chi connectivity index (χ3v) is 2.31. The molecule has 18 heavy (non-hydrogen) atoms. The van der Waals surface area contributed by atoms with E-state index in [4.69, 9.17) is 15.3 Å². The van der Waals surface area contributed by atoms with E-state index in [-0.39, 0.29) is 5.57 Å². The van der Waals surface area contributed by atoms with Crippen molar-refractivity contribution in [3.8, 4) is 17.9 Å². The number of ether oxygens (including phenoxy) is 1. The Morgan fingerprint density at radius 2 is 2.00 bits per heavy atom. The lowest BCUT2D eigenvalue weighted by Gasteiger charge is -2.15. The lowest BCUT2D eigenvalue weighted by molar-refractivity contribution is 0.417. The van der Waals surface area contributed by atoms with E-state index in [0.717, 1.165) is 5.69 Å². The Balaban J connectivity index is 3.01. The summed E-state index contributed by atoms with van der Waals surface area (Å²) in [5, 5.41) is 20.1. The zero-order valence-corrected chi connectivity index (χ0v) is 10.6. The van der Waals surface area contributed by atoms with Gasteiger partial charge in [0.05, 0.1) is 12.8 Å². The number of methoxy groups -OCH3 is 1. The van der Waals surface area contributed by atoms with Crippen LogP contribution in [0.2, 0.25) is 0 Å². The van der Waals surface area contributed by atoms with Gasteiger partial charge in [-0.15, -0.1) is 0 Å². The van der Waals surface area contributed by atoms with Crippen molar-refractivity contribution < 1.29 is 4.74 Å². The highest BCUT2D eigenvalue weighted by molar-refractivity contribution is 5.65. The zero-order valence-electron chi connectivity index (χ0n) is 10.6. The van der Waals surface area contributed by atoms with E-state index in [1.807, 2.05) is 37.2 Å². The molecule has 1 aromatic rings. The molecule has 1 aromatic carbocycles. The Hall–Kier alpha value is -2.66. The van der Waals surface area contributed by atoms with Crippen LogP contribution in [-0.4, -0.2) is 21.2 Å². The minimum absolute atomic E-state index is 0.00809. The Labute approximate surface area is 107 Å². The molecule has 0 saturated heterocycles. The molecule has 0 amide bonds. The number of hydrogen-bond donors (Lipinski definition) is 1. The molecule has 92 valence electrons. The number of nitriles is 2. The van der Waals surface area contributed by atoms with Gasteiger partial charge in [-0.05, 0) is 12.1 Å². The fraction of sp³-hybridized carbons (Fsp3) is 0.231. The summed E-state index contributed by atoms with van der Waals surface area (Å²) < 4.78 is 5.25. The maximum Gasteiger partial charge on any atom is 0.145 e. The van der Waals surface area contributed by atoms with Gasteiger partial charge in [-0.1, -0.05) is 0 Å². The third-order valence-electron chi connectivity index (χ3n) is 2.31. The molecule has 0 atom stereocenters. The van der Waals surface area contributed by atoms with Crippen molar-refractivity contribution in [2.24, 2.45) is 0 Å². The lowest BCUT2D eigenvalue weighted by atomic mass is 10.2. The highest BCUT2D eigenvalue weighted by Crippen LogP contribution is 2.29. The van der Waals surface area contributed by atoms with Crippen LogP contribution in [0.5, 0.6) is 5.75 Å². The molecule has 1 rings (SSSR count). The molecule has 1 N–H and O–H groups in total. The summed E-state index contributed by atoms with van der Waals surface area (Å²) in [5.74, 6) is 0.646. The summed E-state index contributed by atoms with van der Waals surface area (Å²) in [6, 6.07) is 9.17. The first-order valence-electron chi connectivity index (χ1n) is 5.24. The molecule has 0 heterocycles. The summed E-state index contributed by atoms with van der Waals surface area (Å²) in [4.78, 5) is 1.96. The van der Waals surface area contributed by atoms with Crippen molar-refractivity contribution in [1.82, 2.24) is 0 Å². The fourth-order valence-corrected chi connectivity index (χ4v) is 1.32. The van der Waals surface area contributed by atoms with E-state index >= 15 is 0 Å². The largest absolute Gasteiger partial charge is 0.494 e. The Bertz CT molecular complexity index is 519. The minimum atomic E-state index is 0.00809. The molecule has 0 aliphatic carbocycles. The van der Waals surface area contributed by atoms with Crippen LogP contribution in [0, 0.1) is 22.7 Å². The number of hydrogen-bond acceptors (Lipinski definition) is 5. The van der Waals surface area contributed by atoms with Crippen molar-refractivity contribution in [2.75, 3.05) is 31.4 Å². The summed E-state index contributed by atoms with van der Waals surface area (Å²) >= 11 is 0. The zero-order chi connectivity index (χ0) is 13.5. The number of allylic oxidation sites excluding steroid dienone is 1. The number of anilines is 2. The lowest BCUT2D eigenvalue weighted by Crippen LogP contribution is -2.08. The second kappa shape index (κ2) is 6.17. The van der Waals surface area contributed by atoms with Crippen LogP contribution in [0.25, 0.3) is 0 Å². The van der Waals surface area contributed by atoms with Gasteiger partial charge in [-0.3, -0.25) is 0 Å². The van der Waals surface area contributed by atoms with Gasteiger partial charge in [-0.2, -0.15) is 10.5 Å². The Morgan fingerprint density at radius 3 is 2.50 bits per heavy atom. The number of rotatable bonds is 4. The molecular weight excluding hydrogens is 228 g/mol. The maximum absolute atomic E-state index is 8.63. The van der Waals surface area contributed by atoms with Gasteiger partial charge in [-0.25, -0.2) is 0 Å². The van der Waals surface area contributed by atoms with E-state index in [9.17, 15) is 0 Å². The van der Waals surface area contributed by atoms with Gasteiger partial charge >= 0.3 is 0 Å². The quantitative estimate of drug-likeness (QED) is 0.818. The van der Waals surface area contributed by atoms with E-state index in [1.165, 1.54) is 6.20 Å². The molecule has 0 radical (unpaired) electrons. The molecule has 0 bridgehead atoms. The third kappa shape index (κ3) is 3.16. The molecule has 0 aliphatic heterocycles. The first kappa shape index (κ1) is 13.4. The van der Waals surface area contributed by atoms with Crippen LogP contribution in [-0.2, 0) is 0 Å². The molecule has 0 spiro atoms. The molecule has 5 nitrogen and oxygen atoms in total. The average Bonchev–Trinajstić information content (AvgIpc) is 2.39. The van der Waals surface area contributed by atoms with Crippen LogP contribution in [0.3, 0.4) is 0 Å². The maximum atomic E-state index is 8.63. The van der Waals surface area contributed by atoms with E-state index in [1.54, 1.807) is 19.2 Å². The SMILES string of the molecule is COc1cc(N(C)C)ccc1NC=C(C#N)C#N. The average molecular weight is 242 g/mol. The highest BCUT2D eigenvalue weighted by atomic mass is 16.5. The second-order valence-electron chi connectivity index (χ2n) is 3.70. The monoisotopic (exact) mass is 242 g/mol. The standard InChI is InChI=1S/C13H14N4O/c1-17(2)11-4-5-12(13(6-11)18-3)16-9-10(7-14)8-15/h4-6,9,16H,1-3H3. The van der Waals surface area contributed by atoms with Crippen molar-refractivity contribution in [3.05, 3.63) is 30.0 Å². The van der Waals surface area contributed by atoms with Crippen LogP contribution in [0.1, 0.15) is 0 Å². The normalized spacial score (nSPS) is 8.72. The van der Waals surface area contributed by atoms with Gasteiger partial charge in [0.2, 0.25) is 0 Å². The van der Waals surface area contributed by atoms with Crippen molar-refractivity contribution in [3.63, 3.8) is 0 Å². The van der Waals surface area contributed by atoms with Crippen LogP contribution >= 0.6 is 0 Å². The summed E-state index contributed by atoms with van der Waals surface area (Å²) in [6.07, 6.45) is 1.35. The molecule has 0 unspecified atom stereocenters. The first-order chi connectivity index (χ1) is 8.62. The Kier molecular flexibility index (Phi) is 4.59. The molecule has 0 saturated carbocycles. The smallest absolute Gasteiger partial charge is 0.145 e. The van der Waals surface area contributed by atoms with E-state index < -0.39 is 0 Å². The van der Waals surface area contributed by atoms with Crippen LogP contribution < -0.4 is 15.0 Å². The van der Waals surface area contributed by atoms with Gasteiger partial charge < -0.3 is 15.0 Å². The number of nitrogens with one attached hydrogen (secondary N) is 1. The van der Waals surface area contributed by atoms with E-state index in [2.05, 4.69) is 5.32 Å². The highest BCUT2D eigenvalue weighted by Gasteiger charge is 2.04. The van der Waals surface area contributed by atoms with Gasteiger partial charge in [0.25, 0.3) is 0 Å². The molecule has 0 aliphatic rings. The van der Waals surface area contributed by atoms with Crippen LogP contribution in [0.4, 0.5) is 11.4 Å². The predicted molar refractivity (Wildman–Crippen MR) is 70.3 cm³/mol. The van der Waals surface area contributed by atoms with Crippen molar-refractivity contribution in [2.45, 2.75) is 0 Å². The topological polar surface area (TPSA) is 72.1 Å².